The van der Waals surface area contributed by atoms with Crippen molar-refractivity contribution in [1.29, 1.82) is 0 Å². The second-order valence-corrected chi connectivity index (χ2v) is 8.94. The Morgan fingerprint density at radius 1 is 1.26 bits per heavy atom. The van der Waals surface area contributed by atoms with Gasteiger partial charge in [0.1, 0.15) is 6.10 Å². The maximum absolute atomic E-state index is 13.4. The molecule has 10 heteroatoms. The molecule has 0 aliphatic carbocycles. The van der Waals surface area contributed by atoms with E-state index in [-0.39, 0.29) is 118 Å². The van der Waals surface area contributed by atoms with Gasteiger partial charge in [-0.2, -0.15) is 0 Å². The van der Waals surface area contributed by atoms with Crippen molar-refractivity contribution in [2.24, 2.45) is 5.73 Å². The summed E-state index contributed by atoms with van der Waals surface area (Å²) < 4.78 is 6.80. The van der Waals surface area contributed by atoms with Gasteiger partial charge in [0.2, 0.25) is 5.91 Å². The number of pyridine rings is 2. The number of fused-ring (bicyclic) bond motifs is 4. The van der Waals surface area contributed by atoms with Crippen LogP contribution in [0.25, 0.3) is 22.3 Å². The molecule has 0 radical (unpaired) electrons. The van der Waals surface area contributed by atoms with Crippen molar-refractivity contribution in [3.05, 3.63) is 70.4 Å². The Kier molecular flexibility index (Phi) is 14.8. The van der Waals surface area contributed by atoms with Gasteiger partial charge in [-0.1, -0.05) is 32.0 Å². The Morgan fingerprint density at radius 3 is 2.51 bits per heavy atom. The SMILES string of the molecule is CC.COCc1c(C(O)C=O)cc2n(c1=O)Cc1c-2nc2ccccc2c1CCN(C(=O)CN)C(C)C.[CH3-].[Cs+]. The van der Waals surface area contributed by atoms with Crippen LogP contribution in [0.1, 0.15) is 56.1 Å². The van der Waals surface area contributed by atoms with E-state index in [9.17, 15) is 19.5 Å². The molecular formula is C29H39CsN4O5. The third kappa shape index (κ3) is 7.30. The van der Waals surface area contributed by atoms with Crippen molar-refractivity contribution in [2.45, 2.75) is 59.4 Å². The second-order valence-electron chi connectivity index (χ2n) is 8.94. The summed E-state index contributed by atoms with van der Waals surface area (Å²) in [5, 5.41) is 11.3. The van der Waals surface area contributed by atoms with Crippen LogP contribution in [-0.4, -0.2) is 58.0 Å². The van der Waals surface area contributed by atoms with E-state index in [0.717, 1.165) is 22.0 Å². The Balaban J connectivity index is 0.00000186. The summed E-state index contributed by atoms with van der Waals surface area (Å²) in [5.41, 5.74) is 9.63. The van der Waals surface area contributed by atoms with Crippen LogP contribution in [0.2, 0.25) is 0 Å². The fourth-order valence-corrected chi connectivity index (χ4v) is 4.85. The first-order valence-electron chi connectivity index (χ1n) is 12.6. The molecule has 39 heavy (non-hydrogen) atoms. The number of ether oxygens (including phenoxy) is 1. The van der Waals surface area contributed by atoms with E-state index < -0.39 is 6.10 Å². The number of methoxy groups -OCH3 is 1. The summed E-state index contributed by atoms with van der Waals surface area (Å²) in [7, 11) is 1.46. The molecule has 206 valence electrons. The molecule has 1 aliphatic rings. The van der Waals surface area contributed by atoms with Gasteiger partial charge in [0.25, 0.3) is 5.56 Å². The van der Waals surface area contributed by atoms with E-state index >= 15 is 0 Å². The average molecular weight is 657 g/mol. The Bertz CT molecular complexity index is 1360. The molecule has 1 aromatic carbocycles. The van der Waals surface area contributed by atoms with Crippen LogP contribution in [0.5, 0.6) is 0 Å². The second kappa shape index (κ2) is 16.2. The van der Waals surface area contributed by atoms with Crippen LogP contribution >= 0.6 is 0 Å². The molecule has 1 aliphatic heterocycles. The number of aldehydes is 1. The standard InChI is InChI=1S/C26H30N4O5.C2H6.CH3.Cs/c1-15(2)29(24(33)11-27)9-8-16-17-6-4-5-7-21(17)28-25-19(16)12-30-22(25)10-18(23(32)13-31)20(14-35-3)26(30)34;1-2;;/h4-7,10,13,15,23,32H,8-9,11-12,14,27H2,1-3H3;1-2H3;1H3;/q;;-1;+1. The number of hydrogen-bond donors (Lipinski definition) is 2. The first-order valence-corrected chi connectivity index (χ1v) is 12.6. The van der Waals surface area contributed by atoms with Crippen molar-refractivity contribution in [3.8, 4) is 11.4 Å². The number of nitrogens with zero attached hydrogens (tertiary/aromatic N) is 3. The van der Waals surface area contributed by atoms with Gasteiger partial charge in [-0.05, 0) is 38.0 Å². The smallest absolute Gasteiger partial charge is 0.381 e. The van der Waals surface area contributed by atoms with E-state index in [1.54, 1.807) is 15.5 Å². The monoisotopic (exact) mass is 656 g/mol. The zero-order chi connectivity index (χ0) is 27.3. The van der Waals surface area contributed by atoms with Crippen molar-refractivity contribution < 1.29 is 88.3 Å². The number of aliphatic hydroxyl groups excluding tert-OH is 1. The van der Waals surface area contributed by atoms with Gasteiger partial charge >= 0.3 is 68.9 Å². The minimum Gasteiger partial charge on any atom is -0.381 e. The average Bonchev–Trinajstić information content (AvgIpc) is 3.28. The third-order valence-corrected chi connectivity index (χ3v) is 6.56. The number of carbonyl (C=O) groups is 2. The van der Waals surface area contributed by atoms with Crippen LogP contribution in [0, 0.1) is 7.43 Å². The maximum Gasteiger partial charge on any atom is 1.00 e. The summed E-state index contributed by atoms with van der Waals surface area (Å²) in [6.07, 6.45) is -0.480. The summed E-state index contributed by atoms with van der Waals surface area (Å²) in [4.78, 5) is 43.8. The van der Waals surface area contributed by atoms with Crippen LogP contribution in [0.3, 0.4) is 0 Å². The third-order valence-electron chi connectivity index (χ3n) is 6.56. The number of amides is 1. The molecule has 9 nitrogen and oxygen atoms in total. The molecule has 3 aromatic rings. The zero-order valence-electron chi connectivity index (χ0n) is 24.2. The van der Waals surface area contributed by atoms with E-state index in [1.807, 2.05) is 52.0 Å². The molecule has 3 heterocycles. The number of rotatable bonds is 9. The molecule has 1 amide bonds. The molecule has 3 N–H and O–H groups in total. The van der Waals surface area contributed by atoms with Crippen LogP contribution in [0.4, 0.5) is 0 Å². The first-order chi connectivity index (χ1) is 17.8. The molecular weight excluding hydrogens is 617 g/mol. The zero-order valence-corrected chi connectivity index (χ0v) is 30.4. The quantitative estimate of drug-likeness (QED) is 0.192. The summed E-state index contributed by atoms with van der Waals surface area (Å²) >= 11 is 0. The predicted molar refractivity (Wildman–Crippen MR) is 150 cm³/mol. The van der Waals surface area contributed by atoms with Crippen molar-refractivity contribution >= 4 is 23.1 Å². The van der Waals surface area contributed by atoms with Crippen molar-refractivity contribution in [2.75, 3.05) is 20.2 Å². The first kappa shape index (κ1) is 35.7. The number of hydrogen-bond acceptors (Lipinski definition) is 7. The van der Waals surface area contributed by atoms with E-state index in [1.165, 1.54) is 7.11 Å². The molecule has 0 saturated heterocycles. The number of benzene rings is 1. The van der Waals surface area contributed by atoms with Gasteiger partial charge < -0.3 is 37.3 Å². The Hall–Kier alpha value is -1.35. The molecule has 0 saturated carbocycles. The minimum atomic E-state index is -1.44. The summed E-state index contributed by atoms with van der Waals surface area (Å²) in [5.74, 6) is -0.119. The fraction of sp³-hybridized carbons (Fsp3) is 0.414. The minimum absolute atomic E-state index is 0. The molecule has 2 aromatic heterocycles. The normalized spacial score (nSPS) is 11.9. The Labute approximate surface area is 289 Å². The number of carbonyl (C=O) groups excluding carboxylic acids is 2. The summed E-state index contributed by atoms with van der Waals surface area (Å²) in [6, 6.07) is 9.39. The van der Waals surface area contributed by atoms with Crippen LogP contribution in [0.15, 0.2) is 35.1 Å². The van der Waals surface area contributed by atoms with Crippen LogP contribution < -0.4 is 80.2 Å². The number of aromatic nitrogens is 2. The molecule has 1 unspecified atom stereocenters. The van der Waals surface area contributed by atoms with Crippen LogP contribution in [-0.2, 0) is 33.9 Å². The van der Waals surface area contributed by atoms with E-state index in [2.05, 4.69) is 0 Å². The summed E-state index contributed by atoms with van der Waals surface area (Å²) in [6.45, 7) is 8.60. The number of nitrogens with two attached hydrogens (primary N) is 1. The predicted octanol–water partition coefficient (Wildman–Crippen LogP) is 0.0226. The topological polar surface area (TPSA) is 128 Å². The molecule has 0 fully saturated rings. The van der Waals surface area contributed by atoms with Gasteiger partial charge in [0.15, 0.2) is 6.29 Å². The van der Waals surface area contributed by atoms with Gasteiger partial charge in [0.05, 0.1) is 36.6 Å². The van der Waals surface area contributed by atoms with Crippen molar-refractivity contribution in [1.82, 2.24) is 14.5 Å². The van der Waals surface area contributed by atoms with E-state index in [0.29, 0.717) is 37.2 Å². The number of para-hydroxylation sites is 1. The fourth-order valence-electron chi connectivity index (χ4n) is 4.85. The van der Waals surface area contributed by atoms with Gasteiger partial charge in [0, 0.05) is 41.8 Å². The number of aliphatic hydroxyl groups is 1. The van der Waals surface area contributed by atoms with E-state index in [4.69, 9.17) is 15.5 Å². The molecule has 0 bridgehead atoms. The van der Waals surface area contributed by atoms with Gasteiger partial charge in [-0.25, -0.2) is 4.98 Å². The molecule has 0 spiro atoms. The van der Waals surface area contributed by atoms with Gasteiger partial charge in [-0.15, -0.1) is 0 Å². The van der Waals surface area contributed by atoms with Crippen molar-refractivity contribution in [3.63, 3.8) is 0 Å². The largest absolute Gasteiger partial charge is 1.00 e. The molecule has 4 rings (SSSR count). The van der Waals surface area contributed by atoms with Gasteiger partial charge in [-0.3, -0.25) is 9.59 Å². The Morgan fingerprint density at radius 2 is 1.92 bits per heavy atom. The molecule has 1 atom stereocenters. The maximum atomic E-state index is 13.4.